The van der Waals surface area contributed by atoms with Crippen molar-refractivity contribution in [2.45, 2.75) is 24.3 Å². The Morgan fingerprint density at radius 3 is 2.30 bits per heavy atom. The molecule has 33 heavy (non-hydrogen) atoms. The summed E-state index contributed by atoms with van der Waals surface area (Å²) in [7, 11) is -4.00. The maximum atomic E-state index is 13.6. The van der Waals surface area contributed by atoms with Crippen molar-refractivity contribution in [3.63, 3.8) is 0 Å². The maximum Gasteiger partial charge on any atom is 0.252 e. The third kappa shape index (κ3) is 5.20. The largest absolute Gasteiger partial charge is 0.379 e. The zero-order chi connectivity index (χ0) is 23.6. The highest BCUT2D eigenvalue weighted by atomic mass is 79.9. The van der Waals surface area contributed by atoms with Crippen LogP contribution < -0.4 is 4.90 Å². The van der Waals surface area contributed by atoms with E-state index in [1.807, 2.05) is 6.92 Å². The van der Waals surface area contributed by atoms with Crippen LogP contribution in [0.3, 0.4) is 0 Å². The van der Waals surface area contributed by atoms with Crippen molar-refractivity contribution >= 4 is 43.5 Å². The molecule has 2 amide bonds. The lowest BCUT2D eigenvalue weighted by Gasteiger charge is -2.31. The number of hydrogen-bond acceptors (Lipinski definition) is 6. The van der Waals surface area contributed by atoms with Crippen LogP contribution in [0.4, 0.5) is 5.69 Å². The fraction of sp³-hybridized carbons (Fsp3) is 0.391. The summed E-state index contributed by atoms with van der Waals surface area (Å²) in [6.45, 7) is 4.99. The number of halogens is 1. The van der Waals surface area contributed by atoms with Gasteiger partial charge in [0, 0.05) is 30.7 Å². The molecule has 0 bridgehead atoms. The van der Waals surface area contributed by atoms with Gasteiger partial charge in [-0.3, -0.25) is 14.5 Å². The van der Waals surface area contributed by atoms with Gasteiger partial charge in [0.05, 0.1) is 30.2 Å². The molecule has 0 aromatic heterocycles. The SMILES string of the molecule is Cc1ccc(S(=O)(=O)N(CCN2CCOCC2)C2CC(=O)N(c3ccc(Br)cc3)C2=O)cc1. The number of nitrogens with zero attached hydrogens (tertiary/aromatic N) is 3. The molecule has 0 spiro atoms. The highest BCUT2D eigenvalue weighted by molar-refractivity contribution is 9.10. The summed E-state index contributed by atoms with van der Waals surface area (Å²) in [6, 6.07) is 12.2. The van der Waals surface area contributed by atoms with E-state index < -0.39 is 27.9 Å². The lowest BCUT2D eigenvalue weighted by molar-refractivity contribution is -0.122. The highest BCUT2D eigenvalue weighted by Crippen LogP contribution is 2.30. The van der Waals surface area contributed by atoms with Crippen LogP contribution in [0.15, 0.2) is 57.9 Å². The number of carbonyl (C=O) groups excluding carboxylic acids is 2. The molecule has 1 unspecified atom stereocenters. The van der Waals surface area contributed by atoms with E-state index in [2.05, 4.69) is 20.8 Å². The maximum absolute atomic E-state index is 13.6. The molecule has 2 aliphatic heterocycles. The average molecular weight is 536 g/mol. The second kappa shape index (κ2) is 10.0. The van der Waals surface area contributed by atoms with E-state index in [-0.39, 0.29) is 17.9 Å². The molecule has 176 valence electrons. The third-order valence-corrected chi connectivity index (χ3v) is 8.37. The van der Waals surface area contributed by atoms with Crippen LogP contribution in [0.1, 0.15) is 12.0 Å². The predicted molar refractivity (Wildman–Crippen MR) is 127 cm³/mol. The fourth-order valence-electron chi connectivity index (χ4n) is 4.06. The molecule has 4 rings (SSSR count). The van der Waals surface area contributed by atoms with Crippen molar-refractivity contribution in [1.29, 1.82) is 0 Å². The number of carbonyl (C=O) groups is 2. The predicted octanol–water partition coefficient (Wildman–Crippen LogP) is 2.41. The van der Waals surface area contributed by atoms with E-state index in [1.165, 1.54) is 4.31 Å². The summed E-state index contributed by atoms with van der Waals surface area (Å²) >= 11 is 3.35. The van der Waals surface area contributed by atoms with Gasteiger partial charge in [-0.15, -0.1) is 0 Å². The molecule has 0 aliphatic carbocycles. The van der Waals surface area contributed by atoms with Gasteiger partial charge in [-0.25, -0.2) is 13.3 Å². The second-order valence-electron chi connectivity index (χ2n) is 8.15. The molecule has 2 saturated heterocycles. The van der Waals surface area contributed by atoms with Crippen molar-refractivity contribution < 1.29 is 22.7 Å². The second-order valence-corrected chi connectivity index (χ2v) is 11.0. The Morgan fingerprint density at radius 2 is 1.67 bits per heavy atom. The molecule has 0 radical (unpaired) electrons. The van der Waals surface area contributed by atoms with Gasteiger partial charge in [0.15, 0.2) is 0 Å². The van der Waals surface area contributed by atoms with Gasteiger partial charge in [-0.2, -0.15) is 4.31 Å². The molecule has 2 fully saturated rings. The Labute approximate surface area is 202 Å². The number of benzene rings is 2. The van der Waals surface area contributed by atoms with Crippen LogP contribution in [0.2, 0.25) is 0 Å². The number of rotatable bonds is 7. The zero-order valence-electron chi connectivity index (χ0n) is 18.3. The van der Waals surface area contributed by atoms with Crippen LogP contribution >= 0.6 is 15.9 Å². The molecular weight excluding hydrogens is 510 g/mol. The highest BCUT2D eigenvalue weighted by Gasteiger charge is 2.46. The first kappa shape index (κ1) is 24.0. The third-order valence-electron chi connectivity index (χ3n) is 5.92. The van der Waals surface area contributed by atoms with E-state index in [1.54, 1.807) is 48.5 Å². The Morgan fingerprint density at radius 1 is 1.03 bits per heavy atom. The standard InChI is InChI=1S/C23H26BrN3O5S/c1-17-2-8-20(9-3-17)33(30,31)26(11-10-25-12-14-32-15-13-25)21-16-22(28)27(23(21)29)19-6-4-18(24)5-7-19/h2-9,21H,10-16H2,1H3. The van der Waals surface area contributed by atoms with Gasteiger partial charge in [-0.05, 0) is 43.3 Å². The van der Waals surface area contributed by atoms with Gasteiger partial charge in [0.2, 0.25) is 15.9 Å². The zero-order valence-corrected chi connectivity index (χ0v) is 20.7. The summed E-state index contributed by atoms with van der Waals surface area (Å²) in [5.74, 6) is -0.942. The molecule has 10 heteroatoms. The minimum atomic E-state index is -4.00. The summed E-state index contributed by atoms with van der Waals surface area (Å²) < 4.78 is 34.7. The van der Waals surface area contributed by atoms with Gasteiger partial charge in [-0.1, -0.05) is 33.6 Å². The Bertz CT molecular complexity index is 1120. The summed E-state index contributed by atoms with van der Waals surface area (Å²) in [5, 5.41) is 0. The molecule has 2 aliphatic rings. The molecule has 8 nitrogen and oxygen atoms in total. The monoisotopic (exact) mass is 535 g/mol. The molecule has 2 aromatic carbocycles. The molecule has 0 N–H and O–H groups in total. The van der Waals surface area contributed by atoms with Gasteiger partial charge >= 0.3 is 0 Å². The van der Waals surface area contributed by atoms with Gasteiger partial charge in [0.1, 0.15) is 6.04 Å². The Kier molecular flexibility index (Phi) is 7.30. The number of anilines is 1. The number of amides is 2. The quantitative estimate of drug-likeness (QED) is 0.506. The van der Waals surface area contributed by atoms with E-state index in [9.17, 15) is 18.0 Å². The van der Waals surface area contributed by atoms with Gasteiger partial charge < -0.3 is 4.74 Å². The first-order valence-electron chi connectivity index (χ1n) is 10.8. The Balaban J connectivity index is 1.64. The number of ether oxygens (including phenoxy) is 1. The summed E-state index contributed by atoms with van der Waals surface area (Å²) in [6.07, 6.45) is -0.191. The van der Waals surface area contributed by atoms with Crippen molar-refractivity contribution in [3.8, 4) is 0 Å². The minimum absolute atomic E-state index is 0.105. The van der Waals surface area contributed by atoms with Crippen LogP contribution in [-0.4, -0.2) is 74.9 Å². The van der Waals surface area contributed by atoms with Crippen molar-refractivity contribution in [3.05, 3.63) is 58.6 Å². The van der Waals surface area contributed by atoms with Crippen molar-refractivity contribution in [2.24, 2.45) is 0 Å². The number of hydrogen-bond donors (Lipinski definition) is 0. The van der Waals surface area contributed by atoms with E-state index in [4.69, 9.17) is 4.74 Å². The number of sulfonamides is 1. The number of aryl methyl sites for hydroxylation is 1. The van der Waals surface area contributed by atoms with E-state index >= 15 is 0 Å². The minimum Gasteiger partial charge on any atom is -0.379 e. The molecule has 2 heterocycles. The lowest BCUT2D eigenvalue weighted by Crippen LogP contribution is -2.49. The molecule has 0 saturated carbocycles. The lowest BCUT2D eigenvalue weighted by atomic mass is 10.2. The van der Waals surface area contributed by atoms with Gasteiger partial charge in [0.25, 0.3) is 5.91 Å². The molecule has 1 atom stereocenters. The smallest absolute Gasteiger partial charge is 0.252 e. The topological polar surface area (TPSA) is 87.2 Å². The Hall–Kier alpha value is -2.11. The van der Waals surface area contributed by atoms with E-state index in [0.29, 0.717) is 38.5 Å². The van der Waals surface area contributed by atoms with Crippen LogP contribution in [0.5, 0.6) is 0 Å². The molecule has 2 aromatic rings. The van der Waals surface area contributed by atoms with Crippen molar-refractivity contribution in [1.82, 2.24) is 9.21 Å². The van der Waals surface area contributed by atoms with Crippen LogP contribution in [0, 0.1) is 6.92 Å². The summed E-state index contributed by atoms with van der Waals surface area (Å²) in [4.78, 5) is 29.5. The van der Waals surface area contributed by atoms with Crippen LogP contribution in [0.25, 0.3) is 0 Å². The fourth-order valence-corrected chi connectivity index (χ4v) is 5.89. The van der Waals surface area contributed by atoms with Crippen LogP contribution in [-0.2, 0) is 24.3 Å². The van der Waals surface area contributed by atoms with E-state index in [0.717, 1.165) is 14.9 Å². The average Bonchev–Trinajstić information content (AvgIpc) is 3.09. The number of morpholine rings is 1. The first-order chi connectivity index (χ1) is 15.8. The molecular formula is C23H26BrN3O5S. The first-order valence-corrected chi connectivity index (χ1v) is 13.0. The number of imide groups is 1. The normalized spacial score (nSPS) is 20.1. The van der Waals surface area contributed by atoms with Crippen molar-refractivity contribution in [2.75, 3.05) is 44.3 Å². The summed E-state index contributed by atoms with van der Waals surface area (Å²) in [5.41, 5.74) is 1.36.